The van der Waals surface area contributed by atoms with Gasteiger partial charge in [-0.25, -0.2) is 0 Å². The Hall–Kier alpha value is -1.26. The van der Waals surface area contributed by atoms with Crippen LogP contribution in [0.5, 0.6) is 0 Å². The molecule has 3 N–H and O–H groups in total. The molecule has 0 aromatic heterocycles. The van der Waals surface area contributed by atoms with Gasteiger partial charge in [-0.05, 0) is 37.0 Å². The summed E-state index contributed by atoms with van der Waals surface area (Å²) in [6.45, 7) is 2.22. The van der Waals surface area contributed by atoms with Crippen molar-refractivity contribution < 1.29 is 9.90 Å². The van der Waals surface area contributed by atoms with Gasteiger partial charge in [0.15, 0.2) is 0 Å². The molecule has 1 aliphatic heterocycles. The van der Waals surface area contributed by atoms with Crippen LogP contribution in [-0.2, 0) is 4.79 Å². The predicted octanol–water partition coefficient (Wildman–Crippen LogP) is 2.57. The minimum absolute atomic E-state index is 0. The quantitative estimate of drug-likeness (QED) is 0.892. The highest BCUT2D eigenvalue weighted by molar-refractivity contribution is 5.85. The molecular weight excluding hydrogens is 264 g/mol. The number of carboxylic acid groups (broad SMARTS) is 1. The van der Waals surface area contributed by atoms with Crippen LogP contribution in [0, 0.1) is 0 Å². The number of hydrogen-bond acceptors (Lipinski definition) is 3. The Labute approximate surface area is 120 Å². The molecule has 0 spiro atoms. The minimum Gasteiger partial charge on any atom is -0.481 e. The van der Waals surface area contributed by atoms with Crippen LogP contribution in [0.4, 0.5) is 5.69 Å². The lowest BCUT2D eigenvalue weighted by molar-refractivity contribution is -0.137. The third-order valence-corrected chi connectivity index (χ3v) is 3.44. The van der Waals surface area contributed by atoms with Gasteiger partial charge >= 0.3 is 5.97 Å². The SMILES string of the molecule is Cl.NC(CC(=O)O)c1ccc(N2CCCCC2)cc1. The van der Waals surface area contributed by atoms with E-state index in [1.165, 1.54) is 24.9 Å². The number of carbonyl (C=O) groups is 1. The van der Waals surface area contributed by atoms with E-state index in [9.17, 15) is 4.79 Å². The molecule has 0 bridgehead atoms. The molecule has 0 aliphatic carbocycles. The normalized spacial score (nSPS) is 16.6. The van der Waals surface area contributed by atoms with Crippen LogP contribution in [0.25, 0.3) is 0 Å². The number of benzene rings is 1. The average Bonchev–Trinajstić information content (AvgIpc) is 2.39. The van der Waals surface area contributed by atoms with E-state index in [0.29, 0.717) is 0 Å². The second kappa shape index (κ2) is 7.36. The van der Waals surface area contributed by atoms with Crippen molar-refractivity contribution in [2.24, 2.45) is 5.73 Å². The summed E-state index contributed by atoms with van der Waals surface area (Å²) in [7, 11) is 0. The highest BCUT2D eigenvalue weighted by atomic mass is 35.5. The monoisotopic (exact) mass is 284 g/mol. The number of halogens is 1. The molecule has 1 aliphatic rings. The lowest BCUT2D eigenvalue weighted by atomic mass is 10.0. The summed E-state index contributed by atoms with van der Waals surface area (Å²) in [6, 6.07) is 7.55. The first-order valence-corrected chi connectivity index (χ1v) is 6.49. The second-order valence-corrected chi connectivity index (χ2v) is 4.84. The lowest BCUT2D eigenvalue weighted by Gasteiger charge is -2.29. The molecule has 1 heterocycles. The van der Waals surface area contributed by atoms with E-state index in [4.69, 9.17) is 10.8 Å². The van der Waals surface area contributed by atoms with Gasteiger partial charge < -0.3 is 15.7 Å². The smallest absolute Gasteiger partial charge is 0.305 e. The molecule has 0 amide bonds. The number of piperidine rings is 1. The van der Waals surface area contributed by atoms with E-state index in [0.717, 1.165) is 18.7 Å². The maximum absolute atomic E-state index is 10.6. The fraction of sp³-hybridized carbons (Fsp3) is 0.500. The van der Waals surface area contributed by atoms with Crippen LogP contribution in [0.3, 0.4) is 0 Å². The van der Waals surface area contributed by atoms with E-state index in [-0.39, 0.29) is 18.8 Å². The first-order chi connectivity index (χ1) is 8.66. The fourth-order valence-electron chi connectivity index (χ4n) is 2.39. The predicted molar refractivity (Wildman–Crippen MR) is 78.9 cm³/mol. The summed E-state index contributed by atoms with van der Waals surface area (Å²) < 4.78 is 0. The van der Waals surface area contributed by atoms with Gasteiger partial charge in [0.25, 0.3) is 0 Å². The van der Waals surface area contributed by atoms with Crippen LogP contribution in [0.2, 0.25) is 0 Å². The van der Waals surface area contributed by atoms with Crippen molar-refractivity contribution in [3.8, 4) is 0 Å². The molecule has 0 radical (unpaired) electrons. The maximum atomic E-state index is 10.6. The number of carboxylic acids is 1. The van der Waals surface area contributed by atoms with Crippen molar-refractivity contribution >= 4 is 24.1 Å². The summed E-state index contributed by atoms with van der Waals surface area (Å²) in [6.07, 6.45) is 3.79. The number of anilines is 1. The van der Waals surface area contributed by atoms with Gasteiger partial charge in [-0.2, -0.15) is 0 Å². The molecule has 0 saturated carbocycles. The van der Waals surface area contributed by atoms with E-state index >= 15 is 0 Å². The number of aliphatic carboxylic acids is 1. The molecule has 5 heteroatoms. The van der Waals surface area contributed by atoms with E-state index in [1.807, 2.05) is 24.3 Å². The van der Waals surface area contributed by atoms with Crippen LogP contribution in [0.1, 0.15) is 37.3 Å². The van der Waals surface area contributed by atoms with Gasteiger partial charge in [0.05, 0.1) is 6.42 Å². The molecule has 1 unspecified atom stereocenters. The molecular formula is C14H21ClN2O2. The lowest BCUT2D eigenvalue weighted by Crippen LogP contribution is -2.29. The Morgan fingerprint density at radius 3 is 2.32 bits per heavy atom. The van der Waals surface area contributed by atoms with Crippen LogP contribution in [0.15, 0.2) is 24.3 Å². The Morgan fingerprint density at radius 2 is 1.79 bits per heavy atom. The summed E-state index contributed by atoms with van der Waals surface area (Å²) in [4.78, 5) is 13.0. The largest absolute Gasteiger partial charge is 0.481 e. The molecule has 1 fully saturated rings. The number of rotatable bonds is 4. The number of nitrogens with zero attached hydrogens (tertiary/aromatic N) is 1. The van der Waals surface area contributed by atoms with Gasteiger partial charge in [-0.15, -0.1) is 12.4 Å². The molecule has 1 aromatic carbocycles. The highest BCUT2D eigenvalue weighted by Crippen LogP contribution is 2.22. The first-order valence-electron chi connectivity index (χ1n) is 6.49. The maximum Gasteiger partial charge on any atom is 0.305 e. The van der Waals surface area contributed by atoms with Crippen molar-refractivity contribution in [3.63, 3.8) is 0 Å². The van der Waals surface area contributed by atoms with Gasteiger partial charge in [0, 0.05) is 24.8 Å². The Bertz CT molecular complexity index is 402. The Balaban J connectivity index is 0.00000180. The summed E-state index contributed by atoms with van der Waals surface area (Å²) in [5, 5.41) is 8.72. The molecule has 19 heavy (non-hydrogen) atoms. The molecule has 2 rings (SSSR count). The topological polar surface area (TPSA) is 66.6 Å². The fourth-order valence-corrected chi connectivity index (χ4v) is 2.39. The van der Waals surface area contributed by atoms with Crippen LogP contribution in [-0.4, -0.2) is 24.2 Å². The van der Waals surface area contributed by atoms with Crippen LogP contribution >= 0.6 is 12.4 Å². The molecule has 4 nitrogen and oxygen atoms in total. The highest BCUT2D eigenvalue weighted by Gasteiger charge is 2.13. The molecule has 106 valence electrons. The second-order valence-electron chi connectivity index (χ2n) is 4.84. The summed E-state index contributed by atoms with van der Waals surface area (Å²) >= 11 is 0. The van der Waals surface area contributed by atoms with E-state index in [2.05, 4.69) is 4.90 Å². The van der Waals surface area contributed by atoms with E-state index < -0.39 is 12.0 Å². The first kappa shape index (κ1) is 15.8. The van der Waals surface area contributed by atoms with Crippen molar-refractivity contribution in [2.75, 3.05) is 18.0 Å². The van der Waals surface area contributed by atoms with Crippen molar-refractivity contribution in [1.82, 2.24) is 0 Å². The third-order valence-electron chi connectivity index (χ3n) is 3.44. The standard InChI is InChI=1S/C14H20N2O2.ClH/c15-13(10-14(17)18)11-4-6-12(7-5-11)16-8-2-1-3-9-16;/h4-7,13H,1-3,8-10,15H2,(H,17,18);1H. The van der Waals surface area contributed by atoms with Gasteiger partial charge in [-0.3, -0.25) is 4.79 Å². The van der Waals surface area contributed by atoms with E-state index in [1.54, 1.807) is 0 Å². The van der Waals surface area contributed by atoms with Crippen molar-refractivity contribution in [1.29, 1.82) is 0 Å². The average molecular weight is 285 g/mol. The van der Waals surface area contributed by atoms with Gasteiger partial charge in [-0.1, -0.05) is 12.1 Å². The van der Waals surface area contributed by atoms with Crippen molar-refractivity contribution in [3.05, 3.63) is 29.8 Å². The minimum atomic E-state index is -0.859. The zero-order valence-corrected chi connectivity index (χ0v) is 11.7. The van der Waals surface area contributed by atoms with Gasteiger partial charge in [0.1, 0.15) is 0 Å². The Kier molecular flexibility index (Phi) is 6.12. The summed E-state index contributed by atoms with van der Waals surface area (Å²) in [5.41, 5.74) is 7.93. The molecule has 1 aromatic rings. The molecule has 1 atom stereocenters. The third kappa shape index (κ3) is 4.40. The zero-order chi connectivity index (χ0) is 13.0. The summed E-state index contributed by atoms with van der Waals surface area (Å²) in [5.74, 6) is -0.859. The number of nitrogens with two attached hydrogens (primary N) is 1. The molecule has 1 saturated heterocycles. The van der Waals surface area contributed by atoms with Crippen LogP contribution < -0.4 is 10.6 Å². The van der Waals surface area contributed by atoms with Gasteiger partial charge in [0.2, 0.25) is 0 Å². The zero-order valence-electron chi connectivity index (χ0n) is 10.9. The van der Waals surface area contributed by atoms with Crippen molar-refractivity contribution in [2.45, 2.75) is 31.7 Å². The number of hydrogen-bond donors (Lipinski definition) is 2. The Morgan fingerprint density at radius 1 is 1.21 bits per heavy atom.